The minimum absolute atomic E-state index is 0.0646. The van der Waals surface area contributed by atoms with E-state index in [9.17, 15) is 0 Å². The molecule has 1 saturated heterocycles. The maximum atomic E-state index is 5.97. The van der Waals surface area contributed by atoms with Crippen LogP contribution in [0.5, 0.6) is 11.5 Å². The van der Waals surface area contributed by atoms with E-state index in [0.717, 1.165) is 17.1 Å². The van der Waals surface area contributed by atoms with Crippen molar-refractivity contribution in [2.75, 3.05) is 34.0 Å². The fourth-order valence-electron chi connectivity index (χ4n) is 2.60. The van der Waals surface area contributed by atoms with Gasteiger partial charge in [-0.25, -0.2) is 0 Å². The van der Waals surface area contributed by atoms with Gasteiger partial charge in [0, 0.05) is 5.56 Å². The summed E-state index contributed by atoms with van der Waals surface area (Å²) >= 11 is 0. The Hall–Kier alpha value is -1.26. The highest BCUT2D eigenvalue weighted by atomic mass is 16.5. The van der Waals surface area contributed by atoms with Gasteiger partial charge < -0.3 is 19.9 Å². The molecule has 0 aromatic heterocycles. The first kappa shape index (κ1) is 14.2. The molecule has 106 valence electrons. The van der Waals surface area contributed by atoms with Crippen LogP contribution in [0, 0.1) is 5.41 Å². The van der Waals surface area contributed by atoms with Gasteiger partial charge in [-0.2, -0.15) is 0 Å². The van der Waals surface area contributed by atoms with Crippen molar-refractivity contribution in [2.24, 2.45) is 11.1 Å². The highest BCUT2D eigenvalue weighted by Crippen LogP contribution is 2.50. The summed E-state index contributed by atoms with van der Waals surface area (Å²) in [5.41, 5.74) is 6.92. The van der Waals surface area contributed by atoms with Gasteiger partial charge in [0.05, 0.1) is 32.8 Å². The van der Waals surface area contributed by atoms with Crippen molar-refractivity contribution in [3.63, 3.8) is 0 Å². The van der Waals surface area contributed by atoms with E-state index < -0.39 is 0 Å². The topological polar surface area (TPSA) is 53.7 Å². The first-order valence-corrected chi connectivity index (χ1v) is 6.51. The largest absolute Gasteiger partial charge is 0.497 e. The highest BCUT2D eigenvalue weighted by molar-refractivity contribution is 5.47. The van der Waals surface area contributed by atoms with E-state index >= 15 is 0 Å². The van der Waals surface area contributed by atoms with E-state index in [-0.39, 0.29) is 10.8 Å². The lowest BCUT2D eigenvalue weighted by Crippen LogP contribution is -2.59. The van der Waals surface area contributed by atoms with Crippen molar-refractivity contribution in [3.05, 3.63) is 23.8 Å². The predicted molar refractivity (Wildman–Crippen MR) is 74.9 cm³/mol. The average Bonchev–Trinajstić information content (AvgIpc) is 2.37. The number of hydrogen-bond acceptors (Lipinski definition) is 4. The fraction of sp³-hybridized carbons (Fsp3) is 0.600. The molecule has 2 N–H and O–H groups in total. The van der Waals surface area contributed by atoms with Crippen LogP contribution in [0.3, 0.4) is 0 Å². The predicted octanol–water partition coefficient (Wildman–Crippen LogP) is 1.96. The summed E-state index contributed by atoms with van der Waals surface area (Å²) < 4.78 is 16.4. The van der Waals surface area contributed by atoms with E-state index in [4.69, 9.17) is 19.9 Å². The summed E-state index contributed by atoms with van der Waals surface area (Å²) in [6.45, 7) is 6.28. The van der Waals surface area contributed by atoms with Gasteiger partial charge in [0.15, 0.2) is 0 Å². The molecule has 0 amide bonds. The van der Waals surface area contributed by atoms with Crippen LogP contribution < -0.4 is 15.2 Å². The Labute approximate surface area is 114 Å². The molecule has 2 rings (SSSR count). The van der Waals surface area contributed by atoms with Crippen molar-refractivity contribution < 1.29 is 14.2 Å². The quantitative estimate of drug-likeness (QED) is 0.884. The summed E-state index contributed by atoms with van der Waals surface area (Å²) in [5.74, 6) is 1.69. The normalized spacial score (nSPS) is 17.7. The molecule has 0 unspecified atom stereocenters. The highest BCUT2D eigenvalue weighted by Gasteiger charge is 2.53. The van der Waals surface area contributed by atoms with E-state index in [0.29, 0.717) is 19.8 Å². The van der Waals surface area contributed by atoms with Crippen molar-refractivity contribution in [2.45, 2.75) is 19.3 Å². The molecule has 1 aromatic carbocycles. The number of benzene rings is 1. The smallest absolute Gasteiger partial charge is 0.123 e. The number of rotatable bonds is 5. The van der Waals surface area contributed by atoms with Gasteiger partial charge in [0.2, 0.25) is 0 Å². The molecular weight excluding hydrogens is 242 g/mol. The van der Waals surface area contributed by atoms with Crippen LogP contribution in [0.25, 0.3) is 0 Å². The van der Waals surface area contributed by atoms with Gasteiger partial charge in [-0.1, -0.05) is 13.8 Å². The molecule has 1 fully saturated rings. The summed E-state index contributed by atoms with van der Waals surface area (Å²) in [7, 11) is 3.36. The molecule has 1 aliphatic rings. The van der Waals surface area contributed by atoms with Crippen LogP contribution in [-0.2, 0) is 10.2 Å². The van der Waals surface area contributed by atoms with Crippen LogP contribution >= 0.6 is 0 Å². The number of methoxy groups -OCH3 is 2. The molecule has 4 heteroatoms. The second-order valence-corrected chi connectivity index (χ2v) is 5.73. The Morgan fingerprint density at radius 1 is 1.26 bits per heavy atom. The Morgan fingerprint density at radius 3 is 2.37 bits per heavy atom. The summed E-state index contributed by atoms with van der Waals surface area (Å²) in [6, 6.07) is 5.89. The molecule has 1 aliphatic heterocycles. The summed E-state index contributed by atoms with van der Waals surface area (Å²) in [5, 5.41) is 0. The first-order valence-electron chi connectivity index (χ1n) is 6.51. The summed E-state index contributed by atoms with van der Waals surface area (Å²) in [4.78, 5) is 0. The minimum atomic E-state index is -0.109. The molecule has 0 saturated carbocycles. The van der Waals surface area contributed by atoms with Gasteiger partial charge in [0.1, 0.15) is 11.5 Å². The standard InChI is InChI=1S/C15H23NO3/c1-14(2,8-16)15(9-19-10-15)12-7-11(17-3)5-6-13(12)18-4/h5-7H,8-10,16H2,1-4H3. The molecule has 0 bridgehead atoms. The Bertz CT molecular complexity index is 453. The van der Waals surface area contributed by atoms with Crippen LogP contribution in [0.4, 0.5) is 0 Å². The molecule has 4 nitrogen and oxygen atoms in total. The van der Waals surface area contributed by atoms with Gasteiger partial charge in [-0.15, -0.1) is 0 Å². The van der Waals surface area contributed by atoms with Crippen molar-refractivity contribution in [3.8, 4) is 11.5 Å². The van der Waals surface area contributed by atoms with Crippen LogP contribution in [0.1, 0.15) is 19.4 Å². The molecule has 0 spiro atoms. The third-order valence-electron chi connectivity index (χ3n) is 4.42. The number of hydrogen-bond donors (Lipinski definition) is 1. The van der Waals surface area contributed by atoms with E-state index in [2.05, 4.69) is 13.8 Å². The zero-order valence-corrected chi connectivity index (χ0v) is 12.2. The third-order valence-corrected chi connectivity index (χ3v) is 4.42. The minimum Gasteiger partial charge on any atom is -0.497 e. The first-order chi connectivity index (χ1) is 9.00. The third kappa shape index (κ3) is 2.09. The van der Waals surface area contributed by atoms with E-state index in [1.165, 1.54) is 0 Å². The lowest BCUT2D eigenvalue weighted by Gasteiger charge is -2.52. The maximum absolute atomic E-state index is 5.97. The SMILES string of the molecule is COc1ccc(OC)c(C2(C(C)(C)CN)COC2)c1. The molecule has 1 aromatic rings. The zero-order valence-electron chi connectivity index (χ0n) is 12.2. The van der Waals surface area contributed by atoms with Gasteiger partial charge in [0.25, 0.3) is 0 Å². The van der Waals surface area contributed by atoms with Gasteiger partial charge >= 0.3 is 0 Å². The second kappa shape index (κ2) is 5.02. The summed E-state index contributed by atoms with van der Waals surface area (Å²) in [6.07, 6.45) is 0. The van der Waals surface area contributed by atoms with Crippen molar-refractivity contribution >= 4 is 0 Å². The monoisotopic (exact) mass is 265 g/mol. The Kier molecular flexibility index (Phi) is 3.74. The van der Waals surface area contributed by atoms with Crippen LogP contribution in [0.15, 0.2) is 18.2 Å². The molecule has 0 radical (unpaired) electrons. The maximum Gasteiger partial charge on any atom is 0.123 e. The zero-order chi connectivity index (χ0) is 14.1. The van der Waals surface area contributed by atoms with E-state index in [1.54, 1.807) is 14.2 Å². The molecule has 0 atom stereocenters. The van der Waals surface area contributed by atoms with Crippen molar-refractivity contribution in [1.29, 1.82) is 0 Å². The molecule has 19 heavy (non-hydrogen) atoms. The van der Waals surface area contributed by atoms with E-state index in [1.807, 2.05) is 18.2 Å². The Morgan fingerprint density at radius 2 is 1.95 bits per heavy atom. The number of ether oxygens (including phenoxy) is 3. The van der Waals surface area contributed by atoms with Crippen LogP contribution in [-0.4, -0.2) is 34.0 Å². The van der Waals surface area contributed by atoms with Gasteiger partial charge in [-0.05, 0) is 30.2 Å². The lowest BCUT2D eigenvalue weighted by atomic mass is 9.60. The lowest BCUT2D eigenvalue weighted by molar-refractivity contribution is -0.117. The molecule has 1 heterocycles. The van der Waals surface area contributed by atoms with Gasteiger partial charge in [-0.3, -0.25) is 0 Å². The molecule has 0 aliphatic carbocycles. The molecular formula is C15H23NO3. The Balaban J connectivity index is 2.54. The van der Waals surface area contributed by atoms with Crippen LogP contribution in [0.2, 0.25) is 0 Å². The second-order valence-electron chi connectivity index (χ2n) is 5.73. The number of nitrogens with two attached hydrogens (primary N) is 1. The fourth-order valence-corrected chi connectivity index (χ4v) is 2.60. The van der Waals surface area contributed by atoms with Crippen molar-refractivity contribution in [1.82, 2.24) is 0 Å². The average molecular weight is 265 g/mol.